The van der Waals surface area contributed by atoms with Crippen LogP contribution >= 0.6 is 0 Å². The van der Waals surface area contributed by atoms with E-state index in [4.69, 9.17) is 4.74 Å². The number of nitrogens with zero attached hydrogens (tertiary/aromatic N) is 2. The third kappa shape index (κ3) is 3.55. The normalized spacial score (nSPS) is 9.83. The summed E-state index contributed by atoms with van der Waals surface area (Å²) in [6.45, 7) is 1.75. The minimum absolute atomic E-state index is 0.0780. The summed E-state index contributed by atoms with van der Waals surface area (Å²) in [5.74, 6) is 0.170. The highest BCUT2D eigenvalue weighted by Gasteiger charge is 2.04. The van der Waals surface area contributed by atoms with Crippen LogP contribution in [0.15, 0.2) is 42.7 Å². The molecule has 0 fully saturated rings. The Morgan fingerprint density at radius 3 is 2.78 bits per heavy atom. The first kappa shape index (κ1) is 12.0. The van der Waals surface area contributed by atoms with Crippen LogP contribution in [0, 0.1) is 6.92 Å². The average Bonchev–Trinajstić information content (AvgIpc) is 2.38. The second-order valence-corrected chi connectivity index (χ2v) is 3.70. The Morgan fingerprint density at radius 2 is 2.06 bits per heavy atom. The first-order valence-corrected chi connectivity index (χ1v) is 5.50. The number of amides is 1. The minimum atomic E-state index is -0.225. The Bertz CT molecular complexity index is 529. The van der Waals surface area contributed by atoms with Crippen molar-refractivity contribution in [2.24, 2.45) is 0 Å². The average molecular weight is 243 g/mol. The van der Waals surface area contributed by atoms with Crippen molar-refractivity contribution >= 4 is 11.6 Å². The lowest BCUT2D eigenvalue weighted by molar-refractivity contribution is -0.118. The van der Waals surface area contributed by atoms with Crippen molar-refractivity contribution in [2.75, 3.05) is 11.9 Å². The summed E-state index contributed by atoms with van der Waals surface area (Å²) in [4.78, 5) is 19.4. The predicted octanol–water partition coefficient (Wildman–Crippen LogP) is 1.80. The van der Waals surface area contributed by atoms with Crippen LogP contribution in [0.4, 0.5) is 5.69 Å². The second kappa shape index (κ2) is 5.77. The summed E-state index contributed by atoms with van der Waals surface area (Å²) >= 11 is 0. The van der Waals surface area contributed by atoms with Gasteiger partial charge in [-0.3, -0.25) is 4.79 Å². The number of para-hydroxylation sites is 1. The molecule has 92 valence electrons. The fourth-order valence-corrected chi connectivity index (χ4v) is 1.37. The third-order valence-corrected chi connectivity index (χ3v) is 2.19. The molecule has 2 rings (SSSR count). The standard InChI is InChI=1S/C13H13N3O2/c1-10-7-13(15-9-14-10)18-8-12(17)16-11-5-3-2-4-6-11/h2-7,9H,8H2,1H3,(H,16,17). The molecule has 0 spiro atoms. The van der Waals surface area contributed by atoms with Crippen LogP contribution in [-0.4, -0.2) is 22.5 Å². The molecule has 0 radical (unpaired) electrons. The van der Waals surface area contributed by atoms with Crippen LogP contribution in [0.3, 0.4) is 0 Å². The van der Waals surface area contributed by atoms with Crippen LogP contribution in [0.2, 0.25) is 0 Å². The van der Waals surface area contributed by atoms with Crippen LogP contribution in [0.1, 0.15) is 5.69 Å². The molecular weight excluding hydrogens is 230 g/mol. The highest BCUT2D eigenvalue weighted by Crippen LogP contribution is 2.07. The van der Waals surface area contributed by atoms with Gasteiger partial charge >= 0.3 is 0 Å². The highest BCUT2D eigenvalue weighted by molar-refractivity contribution is 5.91. The maximum Gasteiger partial charge on any atom is 0.262 e. The van der Waals surface area contributed by atoms with E-state index in [2.05, 4.69) is 15.3 Å². The van der Waals surface area contributed by atoms with Gasteiger partial charge in [-0.25, -0.2) is 9.97 Å². The molecule has 1 aromatic carbocycles. The maximum absolute atomic E-state index is 11.6. The minimum Gasteiger partial charge on any atom is -0.467 e. The molecule has 0 saturated carbocycles. The van der Waals surface area contributed by atoms with Gasteiger partial charge in [0.1, 0.15) is 6.33 Å². The van der Waals surface area contributed by atoms with Gasteiger partial charge in [-0.05, 0) is 19.1 Å². The number of carbonyl (C=O) groups is 1. The molecule has 0 aliphatic rings. The topological polar surface area (TPSA) is 64.1 Å². The van der Waals surface area contributed by atoms with Gasteiger partial charge in [0, 0.05) is 17.4 Å². The first-order valence-electron chi connectivity index (χ1n) is 5.50. The molecular formula is C13H13N3O2. The third-order valence-electron chi connectivity index (χ3n) is 2.19. The second-order valence-electron chi connectivity index (χ2n) is 3.70. The summed E-state index contributed by atoms with van der Waals surface area (Å²) in [5.41, 5.74) is 1.54. The van der Waals surface area contributed by atoms with Crippen molar-refractivity contribution in [3.63, 3.8) is 0 Å². The maximum atomic E-state index is 11.6. The Hall–Kier alpha value is -2.43. The fourth-order valence-electron chi connectivity index (χ4n) is 1.37. The molecule has 2 aromatic rings. The molecule has 1 N–H and O–H groups in total. The molecule has 0 bridgehead atoms. The summed E-state index contributed by atoms with van der Waals surface area (Å²) in [6.07, 6.45) is 1.40. The Morgan fingerprint density at radius 1 is 1.28 bits per heavy atom. The zero-order valence-corrected chi connectivity index (χ0v) is 9.96. The Labute approximate surface area is 105 Å². The van der Waals surface area contributed by atoms with Crippen molar-refractivity contribution in [3.05, 3.63) is 48.4 Å². The zero-order valence-electron chi connectivity index (χ0n) is 9.96. The number of anilines is 1. The quantitative estimate of drug-likeness (QED) is 0.889. The Balaban J connectivity index is 1.85. The Kier molecular flexibility index (Phi) is 3.86. The molecule has 0 unspecified atom stereocenters. The molecule has 1 amide bonds. The number of rotatable bonds is 4. The van der Waals surface area contributed by atoms with Crippen molar-refractivity contribution < 1.29 is 9.53 Å². The van der Waals surface area contributed by atoms with E-state index in [0.717, 1.165) is 11.4 Å². The number of ether oxygens (including phenoxy) is 1. The van der Waals surface area contributed by atoms with E-state index < -0.39 is 0 Å². The molecule has 1 heterocycles. The van der Waals surface area contributed by atoms with Gasteiger partial charge < -0.3 is 10.1 Å². The van der Waals surface area contributed by atoms with Crippen LogP contribution in [0.25, 0.3) is 0 Å². The van der Waals surface area contributed by atoms with Crippen LogP contribution in [0.5, 0.6) is 5.88 Å². The lowest BCUT2D eigenvalue weighted by Gasteiger charge is -2.06. The molecule has 0 saturated heterocycles. The van der Waals surface area contributed by atoms with Crippen molar-refractivity contribution in [1.82, 2.24) is 9.97 Å². The van der Waals surface area contributed by atoms with Gasteiger partial charge in [0.15, 0.2) is 6.61 Å². The van der Waals surface area contributed by atoms with E-state index in [1.165, 1.54) is 6.33 Å². The highest BCUT2D eigenvalue weighted by atomic mass is 16.5. The molecule has 0 aliphatic heterocycles. The number of hydrogen-bond donors (Lipinski definition) is 1. The molecule has 0 atom stereocenters. The number of aryl methyl sites for hydroxylation is 1. The zero-order chi connectivity index (χ0) is 12.8. The van der Waals surface area contributed by atoms with Gasteiger partial charge in [-0.15, -0.1) is 0 Å². The van der Waals surface area contributed by atoms with Gasteiger partial charge in [0.25, 0.3) is 5.91 Å². The number of nitrogens with one attached hydrogen (secondary N) is 1. The van der Waals surface area contributed by atoms with E-state index >= 15 is 0 Å². The predicted molar refractivity (Wildman–Crippen MR) is 67.3 cm³/mol. The lowest BCUT2D eigenvalue weighted by atomic mass is 10.3. The monoisotopic (exact) mass is 243 g/mol. The van der Waals surface area contributed by atoms with Crippen molar-refractivity contribution in [3.8, 4) is 5.88 Å². The molecule has 1 aromatic heterocycles. The summed E-state index contributed by atoms with van der Waals surface area (Å²) in [5, 5.41) is 2.72. The molecule has 5 heteroatoms. The van der Waals surface area contributed by atoms with Gasteiger partial charge in [0.05, 0.1) is 0 Å². The molecule has 0 aliphatic carbocycles. The van der Waals surface area contributed by atoms with E-state index in [1.54, 1.807) is 6.07 Å². The first-order chi connectivity index (χ1) is 8.74. The number of aromatic nitrogens is 2. The fraction of sp³-hybridized carbons (Fsp3) is 0.154. The van der Waals surface area contributed by atoms with E-state index in [1.807, 2.05) is 37.3 Å². The number of hydrogen-bond acceptors (Lipinski definition) is 4. The van der Waals surface area contributed by atoms with Crippen molar-refractivity contribution in [2.45, 2.75) is 6.92 Å². The number of benzene rings is 1. The summed E-state index contributed by atoms with van der Waals surface area (Å²) in [7, 11) is 0. The largest absolute Gasteiger partial charge is 0.467 e. The summed E-state index contributed by atoms with van der Waals surface area (Å²) < 4.78 is 5.26. The number of carbonyl (C=O) groups excluding carboxylic acids is 1. The van der Waals surface area contributed by atoms with Crippen molar-refractivity contribution in [1.29, 1.82) is 0 Å². The SMILES string of the molecule is Cc1cc(OCC(=O)Nc2ccccc2)ncn1. The van der Waals surface area contributed by atoms with E-state index in [-0.39, 0.29) is 12.5 Å². The van der Waals surface area contributed by atoms with Crippen LogP contribution in [-0.2, 0) is 4.79 Å². The van der Waals surface area contributed by atoms with Gasteiger partial charge in [-0.1, -0.05) is 18.2 Å². The van der Waals surface area contributed by atoms with E-state index in [9.17, 15) is 4.79 Å². The van der Waals surface area contributed by atoms with E-state index in [0.29, 0.717) is 5.88 Å². The van der Waals surface area contributed by atoms with Crippen LogP contribution < -0.4 is 10.1 Å². The molecule has 5 nitrogen and oxygen atoms in total. The lowest BCUT2D eigenvalue weighted by Crippen LogP contribution is -2.20. The smallest absolute Gasteiger partial charge is 0.262 e. The van der Waals surface area contributed by atoms with Gasteiger partial charge in [-0.2, -0.15) is 0 Å². The molecule has 18 heavy (non-hydrogen) atoms. The summed E-state index contributed by atoms with van der Waals surface area (Å²) in [6, 6.07) is 10.9. The van der Waals surface area contributed by atoms with Gasteiger partial charge in [0.2, 0.25) is 5.88 Å².